The molecule has 2 aromatic carbocycles. The summed E-state index contributed by atoms with van der Waals surface area (Å²) < 4.78 is 0. The van der Waals surface area contributed by atoms with Gasteiger partial charge < -0.3 is 9.80 Å². The zero-order chi connectivity index (χ0) is 18.5. The lowest BCUT2D eigenvalue weighted by Gasteiger charge is -2.36. The Morgan fingerprint density at radius 3 is 2.15 bits per heavy atom. The normalized spacial score (nSPS) is 17.4. The molecule has 2 aromatic rings. The summed E-state index contributed by atoms with van der Waals surface area (Å²) in [5.74, 6) is 0.572. The topological polar surface area (TPSA) is 23.6 Å². The SMILES string of the molecule is CC(CN1CCC(N(C)C)CC1)c1ccc(C(=O)c2ccccc2)cc1. The minimum atomic E-state index is 0.0931. The molecule has 1 fully saturated rings. The summed E-state index contributed by atoms with van der Waals surface area (Å²) in [5.41, 5.74) is 2.82. The van der Waals surface area contributed by atoms with Crippen LogP contribution < -0.4 is 0 Å². The predicted molar refractivity (Wildman–Crippen MR) is 108 cm³/mol. The Morgan fingerprint density at radius 1 is 1.00 bits per heavy atom. The van der Waals surface area contributed by atoms with E-state index < -0.39 is 0 Å². The molecular formula is C23H30N2O. The largest absolute Gasteiger partial charge is 0.306 e. The third kappa shape index (κ3) is 4.60. The summed E-state index contributed by atoms with van der Waals surface area (Å²) in [6.45, 7) is 5.73. The number of hydrogen-bond acceptors (Lipinski definition) is 3. The van der Waals surface area contributed by atoms with Crippen LogP contribution in [0.3, 0.4) is 0 Å². The fraction of sp³-hybridized carbons (Fsp3) is 0.435. The monoisotopic (exact) mass is 350 g/mol. The van der Waals surface area contributed by atoms with Gasteiger partial charge in [-0.05, 0) is 51.5 Å². The molecule has 3 heteroatoms. The number of rotatable bonds is 6. The first kappa shape index (κ1) is 18.8. The van der Waals surface area contributed by atoms with E-state index in [-0.39, 0.29) is 5.78 Å². The minimum absolute atomic E-state index is 0.0931. The molecule has 3 rings (SSSR count). The van der Waals surface area contributed by atoms with E-state index in [0.29, 0.717) is 5.92 Å². The molecule has 1 heterocycles. The summed E-state index contributed by atoms with van der Waals surface area (Å²) in [6.07, 6.45) is 2.51. The van der Waals surface area contributed by atoms with Crippen molar-refractivity contribution in [1.82, 2.24) is 9.80 Å². The molecule has 0 amide bonds. The van der Waals surface area contributed by atoms with Gasteiger partial charge >= 0.3 is 0 Å². The number of nitrogens with zero attached hydrogens (tertiary/aromatic N) is 2. The molecule has 0 saturated carbocycles. The first-order chi connectivity index (χ1) is 12.5. The molecule has 26 heavy (non-hydrogen) atoms. The van der Waals surface area contributed by atoms with Gasteiger partial charge in [-0.25, -0.2) is 0 Å². The van der Waals surface area contributed by atoms with Crippen LogP contribution in [0, 0.1) is 0 Å². The molecule has 1 unspecified atom stereocenters. The first-order valence-electron chi connectivity index (χ1n) is 9.63. The number of benzene rings is 2. The Kier molecular flexibility index (Phi) is 6.23. The molecule has 138 valence electrons. The lowest BCUT2D eigenvalue weighted by atomic mass is 9.95. The predicted octanol–water partition coefficient (Wildman–Crippen LogP) is 4.05. The van der Waals surface area contributed by atoms with Gasteiger partial charge in [0.05, 0.1) is 0 Å². The van der Waals surface area contributed by atoms with Crippen LogP contribution in [0.4, 0.5) is 0 Å². The quantitative estimate of drug-likeness (QED) is 0.735. The molecule has 1 saturated heterocycles. The molecule has 1 aliphatic heterocycles. The number of likely N-dealkylation sites (tertiary alicyclic amines) is 1. The Balaban J connectivity index is 1.57. The second-order valence-electron chi connectivity index (χ2n) is 7.71. The number of piperidine rings is 1. The van der Waals surface area contributed by atoms with E-state index in [1.165, 1.54) is 31.5 Å². The standard InChI is InChI=1S/C23H30N2O/c1-18(17-25-15-13-22(14-16-25)24(2)3)19-9-11-21(12-10-19)23(26)20-7-5-4-6-8-20/h4-12,18,22H,13-17H2,1-3H3. The van der Waals surface area contributed by atoms with Gasteiger partial charge in [-0.1, -0.05) is 61.5 Å². The van der Waals surface area contributed by atoms with Crippen molar-refractivity contribution < 1.29 is 4.79 Å². The van der Waals surface area contributed by atoms with E-state index in [1.807, 2.05) is 42.5 Å². The van der Waals surface area contributed by atoms with Crippen molar-refractivity contribution in [2.75, 3.05) is 33.7 Å². The molecule has 0 N–H and O–H groups in total. The Labute approximate surface area is 157 Å². The maximum absolute atomic E-state index is 12.5. The van der Waals surface area contributed by atoms with Gasteiger partial charge in [-0.2, -0.15) is 0 Å². The minimum Gasteiger partial charge on any atom is -0.306 e. The van der Waals surface area contributed by atoms with E-state index in [4.69, 9.17) is 0 Å². The van der Waals surface area contributed by atoms with Crippen molar-refractivity contribution in [3.05, 3.63) is 71.3 Å². The number of carbonyl (C=O) groups excluding carboxylic acids is 1. The number of ketones is 1. The van der Waals surface area contributed by atoms with E-state index in [9.17, 15) is 4.79 Å². The van der Waals surface area contributed by atoms with Crippen molar-refractivity contribution in [3.63, 3.8) is 0 Å². The highest BCUT2D eigenvalue weighted by molar-refractivity contribution is 6.08. The van der Waals surface area contributed by atoms with Gasteiger partial charge in [0.2, 0.25) is 0 Å². The van der Waals surface area contributed by atoms with Gasteiger partial charge in [-0.15, -0.1) is 0 Å². The van der Waals surface area contributed by atoms with Crippen molar-refractivity contribution in [2.45, 2.75) is 31.7 Å². The van der Waals surface area contributed by atoms with Crippen LogP contribution in [0.1, 0.15) is 47.2 Å². The van der Waals surface area contributed by atoms with Gasteiger partial charge in [0.1, 0.15) is 0 Å². The summed E-state index contributed by atoms with van der Waals surface area (Å²) in [7, 11) is 4.36. The summed E-state index contributed by atoms with van der Waals surface area (Å²) in [5, 5.41) is 0. The highest BCUT2D eigenvalue weighted by Gasteiger charge is 2.22. The van der Waals surface area contributed by atoms with Crippen molar-refractivity contribution in [1.29, 1.82) is 0 Å². The lowest BCUT2D eigenvalue weighted by molar-refractivity contribution is 0.103. The van der Waals surface area contributed by atoms with E-state index in [2.05, 4.69) is 43.0 Å². The molecular weight excluding hydrogens is 320 g/mol. The average molecular weight is 351 g/mol. The maximum atomic E-state index is 12.5. The van der Waals surface area contributed by atoms with E-state index in [0.717, 1.165) is 23.7 Å². The Bertz CT molecular complexity index is 701. The zero-order valence-electron chi connectivity index (χ0n) is 16.2. The Hall–Kier alpha value is -1.97. The van der Waals surface area contributed by atoms with Crippen molar-refractivity contribution >= 4 is 5.78 Å². The number of hydrogen-bond donors (Lipinski definition) is 0. The van der Waals surface area contributed by atoms with Crippen LogP contribution in [-0.4, -0.2) is 55.4 Å². The van der Waals surface area contributed by atoms with Crippen molar-refractivity contribution in [2.24, 2.45) is 0 Å². The average Bonchev–Trinajstić information content (AvgIpc) is 2.68. The summed E-state index contributed by atoms with van der Waals surface area (Å²) >= 11 is 0. The second-order valence-corrected chi connectivity index (χ2v) is 7.71. The molecule has 0 aliphatic carbocycles. The smallest absolute Gasteiger partial charge is 0.193 e. The molecule has 1 aliphatic rings. The number of carbonyl (C=O) groups is 1. The van der Waals surface area contributed by atoms with Crippen molar-refractivity contribution in [3.8, 4) is 0 Å². The highest BCUT2D eigenvalue weighted by Crippen LogP contribution is 2.21. The maximum Gasteiger partial charge on any atom is 0.193 e. The van der Waals surface area contributed by atoms with Crippen LogP contribution in [0.5, 0.6) is 0 Å². The first-order valence-corrected chi connectivity index (χ1v) is 9.63. The summed E-state index contributed by atoms with van der Waals surface area (Å²) in [6, 6.07) is 18.4. The van der Waals surface area contributed by atoms with Crippen LogP contribution in [0.25, 0.3) is 0 Å². The highest BCUT2D eigenvalue weighted by atomic mass is 16.1. The van der Waals surface area contributed by atoms with Crippen LogP contribution in [0.2, 0.25) is 0 Å². The molecule has 0 aromatic heterocycles. The zero-order valence-corrected chi connectivity index (χ0v) is 16.2. The molecule has 0 radical (unpaired) electrons. The fourth-order valence-electron chi connectivity index (χ4n) is 3.83. The van der Waals surface area contributed by atoms with Crippen LogP contribution >= 0.6 is 0 Å². The van der Waals surface area contributed by atoms with Gasteiger partial charge in [0.25, 0.3) is 0 Å². The molecule has 3 nitrogen and oxygen atoms in total. The van der Waals surface area contributed by atoms with Gasteiger partial charge in [0.15, 0.2) is 5.78 Å². The molecule has 0 bridgehead atoms. The summed E-state index contributed by atoms with van der Waals surface area (Å²) in [4.78, 5) is 17.4. The second kappa shape index (κ2) is 8.61. The van der Waals surface area contributed by atoms with Crippen LogP contribution in [-0.2, 0) is 0 Å². The Morgan fingerprint density at radius 2 is 1.58 bits per heavy atom. The molecule has 1 atom stereocenters. The van der Waals surface area contributed by atoms with Gasteiger partial charge in [-0.3, -0.25) is 4.79 Å². The van der Waals surface area contributed by atoms with E-state index in [1.54, 1.807) is 0 Å². The molecule has 0 spiro atoms. The lowest BCUT2D eigenvalue weighted by Crippen LogP contribution is -2.43. The van der Waals surface area contributed by atoms with Crippen LogP contribution in [0.15, 0.2) is 54.6 Å². The van der Waals surface area contributed by atoms with Gasteiger partial charge in [0, 0.05) is 23.7 Å². The fourth-order valence-corrected chi connectivity index (χ4v) is 3.83. The third-order valence-corrected chi connectivity index (χ3v) is 5.60. The third-order valence-electron chi connectivity index (χ3n) is 5.60. The van der Waals surface area contributed by atoms with E-state index >= 15 is 0 Å².